The van der Waals surface area contributed by atoms with Crippen LogP contribution >= 0.6 is 0 Å². The molecule has 0 saturated carbocycles. The van der Waals surface area contributed by atoms with Crippen LogP contribution in [0.15, 0.2) is 21.7 Å². The number of benzene rings is 1. The van der Waals surface area contributed by atoms with Crippen molar-refractivity contribution in [2.75, 3.05) is 26.0 Å². The number of hydrogen-bond acceptors (Lipinski definition) is 10. The molecule has 1 aliphatic rings. The lowest BCUT2D eigenvalue weighted by Gasteiger charge is -2.13. The molecule has 0 aliphatic carbocycles. The average molecular weight is 453 g/mol. The van der Waals surface area contributed by atoms with Crippen molar-refractivity contribution in [2.24, 2.45) is 0 Å². The van der Waals surface area contributed by atoms with Crippen LogP contribution in [0.3, 0.4) is 0 Å². The highest BCUT2D eigenvalue weighted by atomic mass is 32.2. The van der Waals surface area contributed by atoms with Gasteiger partial charge in [0.15, 0.2) is 11.0 Å². The molecule has 2 aromatic rings. The number of nitrogens with zero attached hydrogens (tertiary/aromatic N) is 4. The lowest BCUT2D eigenvalue weighted by Crippen LogP contribution is -2.31. The second kappa shape index (κ2) is 9.39. The second-order valence-corrected chi connectivity index (χ2v) is 9.26. The summed E-state index contributed by atoms with van der Waals surface area (Å²) in [6, 6.07) is 3.05. The molecule has 3 rings (SSSR count). The van der Waals surface area contributed by atoms with Gasteiger partial charge < -0.3 is 10.2 Å². The summed E-state index contributed by atoms with van der Waals surface area (Å²) in [7, 11) is -0.837. The first kappa shape index (κ1) is 22.6. The van der Waals surface area contributed by atoms with Crippen LogP contribution < -0.4 is 5.32 Å². The molecule has 0 bridgehead atoms. The second-order valence-electron chi connectivity index (χ2n) is 7.14. The lowest BCUT2D eigenvalue weighted by atomic mass is 10.2. The number of hydrogen-bond donors (Lipinski definition) is 1. The van der Waals surface area contributed by atoms with E-state index in [2.05, 4.69) is 15.6 Å². The van der Waals surface area contributed by atoms with Gasteiger partial charge in [-0.15, -0.1) is 5.06 Å². The molecule has 12 nitrogen and oxygen atoms in total. The van der Waals surface area contributed by atoms with Gasteiger partial charge in [0.25, 0.3) is 11.8 Å². The predicted octanol–water partition coefficient (Wildman–Crippen LogP) is 1.05. The number of amides is 2. The van der Waals surface area contributed by atoms with Crippen molar-refractivity contribution >= 4 is 44.5 Å². The van der Waals surface area contributed by atoms with E-state index in [-0.39, 0.29) is 29.7 Å². The molecule has 1 saturated heterocycles. The largest absolute Gasteiger partial charge is 0.383 e. The Hall–Kier alpha value is -3.06. The molecular weight excluding hydrogens is 430 g/mol. The van der Waals surface area contributed by atoms with E-state index in [0.29, 0.717) is 42.1 Å². The minimum atomic E-state index is -3.69. The molecule has 1 aromatic heterocycles. The number of carbonyl (C=O) groups excluding carboxylic acids is 3. The molecule has 2 amide bonds. The molecule has 0 unspecified atom stereocenters. The molecular formula is C18H23N5O7S. The van der Waals surface area contributed by atoms with E-state index in [0.717, 1.165) is 4.31 Å². The van der Waals surface area contributed by atoms with Crippen molar-refractivity contribution in [3.63, 3.8) is 0 Å². The van der Waals surface area contributed by atoms with Crippen LogP contribution in [-0.4, -0.2) is 66.5 Å². The minimum absolute atomic E-state index is 0.00720. The fourth-order valence-electron chi connectivity index (χ4n) is 2.99. The summed E-state index contributed by atoms with van der Waals surface area (Å²) in [6.07, 6.45) is 2.14. The average Bonchev–Trinajstić information content (AvgIpc) is 3.33. The van der Waals surface area contributed by atoms with Crippen LogP contribution in [0.25, 0.3) is 11.0 Å². The number of sulfonamides is 1. The van der Waals surface area contributed by atoms with E-state index >= 15 is 0 Å². The van der Waals surface area contributed by atoms with Gasteiger partial charge in [0.2, 0.25) is 10.0 Å². The van der Waals surface area contributed by atoms with Crippen molar-refractivity contribution in [3.8, 4) is 0 Å². The molecule has 0 spiro atoms. The van der Waals surface area contributed by atoms with Gasteiger partial charge in [-0.25, -0.2) is 22.1 Å². The minimum Gasteiger partial charge on any atom is -0.383 e. The maximum absolute atomic E-state index is 12.4. The van der Waals surface area contributed by atoms with Crippen LogP contribution in [0.1, 0.15) is 38.5 Å². The summed E-state index contributed by atoms with van der Waals surface area (Å²) in [5.41, 5.74) is 1.04. The summed E-state index contributed by atoms with van der Waals surface area (Å²) in [4.78, 5) is 39.4. The Morgan fingerprint density at radius 1 is 1.13 bits per heavy atom. The number of unbranched alkanes of at least 4 members (excludes halogenated alkanes) is 2. The van der Waals surface area contributed by atoms with Gasteiger partial charge in [-0.05, 0) is 35.3 Å². The van der Waals surface area contributed by atoms with Gasteiger partial charge in [0.05, 0.1) is 5.69 Å². The number of rotatable bonds is 10. The zero-order valence-corrected chi connectivity index (χ0v) is 18.0. The first-order chi connectivity index (χ1) is 14.7. The van der Waals surface area contributed by atoms with Crippen molar-refractivity contribution < 1.29 is 32.3 Å². The number of anilines is 1. The monoisotopic (exact) mass is 453 g/mol. The van der Waals surface area contributed by atoms with Crippen molar-refractivity contribution in [2.45, 2.75) is 43.4 Å². The lowest BCUT2D eigenvalue weighted by molar-refractivity contribution is -0.197. The summed E-state index contributed by atoms with van der Waals surface area (Å²) in [5, 5.41) is 11.2. The van der Waals surface area contributed by atoms with E-state index in [1.807, 2.05) is 0 Å². The van der Waals surface area contributed by atoms with Crippen molar-refractivity contribution in [1.82, 2.24) is 19.7 Å². The third-order valence-electron chi connectivity index (χ3n) is 4.71. The van der Waals surface area contributed by atoms with Gasteiger partial charge in [0, 0.05) is 39.9 Å². The predicted molar refractivity (Wildman–Crippen MR) is 107 cm³/mol. The van der Waals surface area contributed by atoms with E-state index in [1.165, 1.54) is 20.2 Å². The number of fused-ring (bicyclic) bond motifs is 1. The highest BCUT2D eigenvalue weighted by Crippen LogP contribution is 2.28. The summed E-state index contributed by atoms with van der Waals surface area (Å²) in [6.45, 7) is 0.542. The maximum Gasteiger partial charge on any atom is 0.333 e. The molecule has 0 atom stereocenters. The Morgan fingerprint density at radius 2 is 1.81 bits per heavy atom. The Bertz CT molecular complexity index is 1080. The fraction of sp³-hybridized carbons (Fsp3) is 0.500. The normalized spacial score (nSPS) is 14.6. The number of aromatic nitrogens is 2. The third kappa shape index (κ3) is 4.99. The highest BCUT2D eigenvalue weighted by Gasteiger charge is 2.32. The Balaban J connectivity index is 1.46. The van der Waals surface area contributed by atoms with Crippen molar-refractivity contribution in [1.29, 1.82) is 0 Å². The van der Waals surface area contributed by atoms with Gasteiger partial charge >= 0.3 is 5.97 Å². The van der Waals surface area contributed by atoms with Gasteiger partial charge in [-0.3, -0.25) is 9.59 Å². The number of carbonyl (C=O) groups is 3. The van der Waals surface area contributed by atoms with E-state index in [4.69, 9.17) is 9.47 Å². The smallest absolute Gasteiger partial charge is 0.333 e. The third-order valence-corrected chi connectivity index (χ3v) is 6.56. The summed E-state index contributed by atoms with van der Waals surface area (Å²) in [5.74, 6) is -1.62. The summed E-state index contributed by atoms with van der Waals surface area (Å²) < 4.78 is 30.6. The molecule has 31 heavy (non-hydrogen) atoms. The summed E-state index contributed by atoms with van der Waals surface area (Å²) >= 11 is 0. The topological polar surface area (TPSA) is 152 Å². The zero-order chi connectivity index (χ0) is 22.6. The highest BCUT2D eigenvalue weighted by molar-refractivity contribution is 7.89. The maximum atomic E-state index is 12.4. The van der Waals surface area contributed by atoms with E-state index in [9.17, 15) is 22.8 Å². The SMILES string of the molecule is CN(C)S(=O)(=O)c1ccc(NCCCCCC(=O)ON2C(=O)CCC2=O)c2nonc12. The van der Waals surface area contributed by atoms with Crippen LogP contribution in [-0.2, 0) is 29.2 Å². The van der Waals surface area contributed by atoms with Crippen LogP contribution in [0.2, 0.25) is 0 Å². The van der Waals surface area contributed by atoms with Gasteiger partial charge in [0.1, 0.15) is 4.90 Å². The molecule has 1 aliphatic heterocycles. The van der Waals surface area contributed by atoms with Crippen LogP contribution in [0.4, 0.5) is 5.69 Å². The first-order valence-electron chi connectivity index (χ1n) is 9.70. The Kier molecular flexibility index (Phi) is 6.85. The van der Waals surface area contributed by atoms with Gasteiger partial charge in [-0.1, -0.05) is 6.42 Å². The molecule has 1 fully saturated rings. The van der Waals surface area contributed by atoms with Crippen molar-refractivity contribution in [3.05, 3.63) is 12.1 Å². The van der Waals surface area contributed by atoms with Crippen LogP contribution in [0, 0.1) is 0 Å². The Morgan fingerprint density at radius 3 is 2.48 bits per heavy atom. The molecule has 13 heteroatoms. The Labute approximate surface area is 178 Å². The van der Waals surface area contributed by atoms with Crippen LogP contribution in [0.5, 0.6) is 0 Å². The molecule has 1 aromatic carbocycles. The standard InChI is InChI=1S/C18H23N5O7S/c1-22(2)31(27,28)13-8-7-12(17-18(13)21-30-20-17)19-11-5-3-4-6-16(26)29-23-14(24)9-10-15(23)25/h7-8,19H,3-6,9-11H2,1-2H3. The molecule has 1 N–H and O–H groups in total. The number of nitrogens with one attached hydrogen (secondary N) is 1. The molecule has 2 heterocycles. The first-order valence-corrected chi connectivity index (χ1v) is 11.1. The van der Waals surface area contributed by atoms with E-state index < -0.39 is 27.8 Å². The molecule has 0 radical (unpaired) electrons. The zero-order valence-electron chi connectivity index (χ0n) is 17.2. The quantitative estimate of drug-likeness (QED) is 0.408. The fourth-order valence-corrected chi connectivity index (χ4v) is 4.00. The number of imide groups is 1. The molecule has 168 valence electrons. The van der Waals surface area contributed by atoms with Gasteiger partial charge in [-0.2, -0.15) is 0 Å². The number of hydroxylamine groups is 2. The van der Waals surface area contributed by atoms with E-state index in [1.54, 1.807) is 6.07 Å².